The fraction of sp³-hybridized carbons (Fsp3) is 0.304. The number of ether oxygens (including phenoxy) is 2. The van der Waals surface area contributed by atoms with Gasteiger partial charge in [-0.25, -0.2) is 4.79 Å². The van der Waals surface area contributed by atoms with Gasteiger partial charge in [0, 0.05) is 5.69 Å². The Morgan fingerprint density at radius 2 is 1.65 bits per heavy atom. The standard InChI is InChI=1S/C23H24N2O6/c1-5-30-17-9-7-16(8-10-17)24-20(26)15(4)31-23(29)14(3)25-21(27)18-11-6-13(2)12-19(18)22(25)28/h6-12,14-15H,5H2,1-4H3,(H,24,26). The fourth-order valence-electron chi connectivity index (χ4n) is 3.20. The van der Waals surface area contributed by atoms with Crippen LogP contribution >= 0.6 is 0 Å². The lowest BCUT2D eigenvalue weighted by Crippen LogP contribution is -2.45. The number of esters is 1. The lowest BCUT2D eigenvalue weighted by Gasteiger charge is -2.22. The van der Waals surface area contributed by atoms with E-state index < -0.39 is 35.8 Å². The minimum Gasteiger partial charge on any atom is -0.494 e. The number of carbonyl (C=O) groups excluding carboxylic acids is 4. The Hall–Kier alpha value is -3.68. The van der Waals surface area contributed by atoms with Crippen LogP contribution in [0.1, 0.15) is 47.1 Å². The highest BCUT2D eigenvalue weighted by Gasteiger charge is 2.42. The molecule has 3 rings (SSSR count). The molecule has 8 nitrogen and oxygen atoms in total. The zero-order valence-corrected chi connectivity index (χ0v) is 17.8. The van der Waals surface area contributed by atoms with Crippen LogP contribution in [-0.4, -0.2) is 47.3 Å². The zero-order chi connectivity index (χ0) is 22.7. The Labute approximate surface area is 180 Å². The molecule has 0 aliphatic carbocycles. The van der Waals surface area contributed by atoms with Gasteiger partial charge in [0.2, 0.25) is 0 Å². The summed E-state index contributed by atoms with van der Waals surface area (Å²) in [4.78, 5) is 51.1. The molecule has 0 radical (unpaired) electrons. The molecule has 2 unspecified atom stereocenters. The van der Waals surface area contributed by atoms with Crippen LogP contribution in [0, 0.1) is 6.92 Å². The SMILES string of the molecule is CCOc1ccc(NC(=O)C(C)OC(=O)C(C)N2C(=O)c3ccc(C)cc3C2=O)cc1. The van der Waals surface area contributed by atoms with Crippen LogP contribution < -0.4 is 10.1 Å². The summed E-state index contributed by atoms with van der Waals surface area (Å²) in [6, 6.07) is 10.5. The van der Waals surface area contributed by atoms with Crippen LogP contribution in [0.4, 0.5) is 5.69 Å². The van der Waals surface area contributed by atoms with E-state index >= 15 is 0 Å². The first-order valence-corrected chi connectivity index (χ1v) is 9.95. The number of aryl methyl sites for hydroxylation is 1. The second-order valence-electron chi connectivity index (χ2n) is 7.23. The van der Waals surface area contributed by atoms with Crippen LogP contribution in [-0.2, 0) is 14.3 Å². The van der Waals surface area contributed by atoms with Crippen molar-refractivity contribution < 1.29 is 28.7 Å². The van der Waals surface area contributed by atoms with Gasteiger partial charge in [-0.05, 0) is 64.1 Å². The van der Waals surface area contributed by atoms with Crippen molar-refractivity contribution in [3.8, 4) is 5.75 Å². The maximum Gasteiger partial charge on any atom is 0.329 e. The summed E-state index contributed by atoms with van der Waals surface area (Å²) in [6.07, 6.45) is -1.13. The van der Waals surface area contributed by atoms with E-state index in [1.807, 2.05) is 13.8 Å². The molecule has 0 saturated heterocycles. The molecule has 2 aromatic rings. The summed E-state index contributed by atoms with van der Waals surface area (Å²) in [5.74, 6) is -1.83. The van der Waals surface area contributed by atoms with Gasteiger partial charge < -0.3 is 14.8 Å². The average Bonchev–Trinajstić information content (AvgIpc) is 2.98. The van der Waals surface area contributed by atoms with E-state index in [1.165, 1.54) is 13.8 Å². The summed E-state index contributed by atoms with van der Waals surface area (Å²) in [5.41, 5.74) is 1.85. The number of rotatable bonds is 7. The molecule has 1 aliphatic heterocycles. The number of nitrogens with one attached hydrogen (secondary N) is 1. The van der Waals surface area contributed by atoms with Crippen molar-refractivity contribution in [3.63, 3.8) is 0 Å². The molecule has 3 amide bonds. The number of fused-ring (bicyclic) bond motifs is 1. The molecular weight excluding hydrogens is 400 g/mol. The number of benzene rings is 2. The Morgan fingerprint density at radius 3 is 2.29 bits per heavy atom. The Bertz CT molecular complexity index is 1030. The zero-order valence-electron chi connectivity index (χ0n) is 17.8. The Morgan fingerprint density at radius 1 is 1.00 bits per heavy atom. The lowest BCUT2D eigenvalue weighted by atomic mass is 10.1. The quantitative estimate of drug-likeness (QED) is 0.542. The minimum atomic E-state index is -1.17. The lowest BCUT2D eigenvalue weighted by molar-refractivity contribution is -0.156. The number of nitrogens with zero attached hydrogens (tertiary/aromatic N) is 1. The highest BCUT2D eigenvalue weighted by atomic mass is 16.5. The van der Waals surface area contributed by atoms with Crippen LogP contribution in [0.25, 0.3) is 0 Å². The number of hydrogen-bond donors (Lipinski definition) is 1. The predicted octanol–water partition coefficient (Wildman–Crippen LogP) is 2.95. The number of carbonyl (C=O) groups is 4. The predicted molar refractivity (Wildman–Crippen MR) is 113 cm³/mol. The van der Waals surface area contributed by atoms with Gasteiger partial charge in [0.15, 0.2) is 6.10 Å². The van der Waals surface area contributed by atoms with Crippen LogP contribution in [0.3, 0.4) is 0 Å². The molecular formula is C23H24N2O6. The van der Waals surface area contributed by atoms with E-state index in [-0.39, 0.29) is 11.1 Å². The molecule has 1 N–H and O–H groups in total. The van der Waals surface area contributed by atoms with E-state index in [0.717, 1.165) is 10.5 Å². The van der Waals surface area contributed by atoms with Gasteiger partial charge >= 0.3 is 5.97 Å². The molecule has 0 saturated carbocycles. The smallest absolute Gasteiger partial charge is 0.329 e. The van der Waals surface area contributed by atoms with Crippen molar-refractivity contribution in [1.82, 2.24) is 4.90 Å². The molecule has 8 heteroatoms. The van der Waals surface area contributed by atoms with Crippen molar-refractivity contribution in [3.05, 3.63) is 59.2 Å². The molecule has 2 aromatic carbocycles. The Kier molecular flexibility index (Phi) is 6.39. The third-order valence-electron chi connectivity index (χ3n) is 4.90. The second kappa shape index (κ2) is 8.99. The highest BCUT2D eigenvalue weighted by Crippen LogP contribution is 2.26. The van der Waals surface area contributed by atoms with Gasteiger partial charge in [0.1, 0.15) is 11.8 Å². The fourth-order valence-corrected chi connectivity index (χ4v) is 3.20. The van der Waals surface area contributed by atoms with Crippen molar-refractivity contribution >= 4 is 29.4 Å². The number of anilines is 1. The molecule has 1 aliphatic rings. The molecule has 1 heterocycles. The molecule has 31 heavy (non-hydrogen) atoms. The van der Waals surface area contributed by atoms with Gasteiger partial charge in [0.25, 0.3) is 17.7 Å². The number of imide groups is 1. The van der Waals surface area contributed by atoms with Gasteiger partial charge in [-0.2, -0.15) is 0 Å². The van der Waals surface area contributed by atoms with Gasteiger partial charge in [0.05, 0.1) is 17.7 Å². The largest absolute Gasteiger partial charge is 0.494 e. The minimum absolute atomic E-state index is 0.247. The third kappa shape index (κ3) is 4.58. The molecule has 0 bridgehead atoms. The number of hydrogen-bond acceptors (Lipinski definition) is 6. The van der Waals surface area contributed by atoms with E-state index in [4.69, 9.17) is 9.47 Å². The first kappa shape index (κ1) is 22.0. The van der Waals surface area contributed by atoms with Gasteiger partial charge in [-0.3, -0.25) is 19.3 Å². The molecule has 2 atom stereocenters. The normalized spacial score (nSPS) is 14.6. The first-order valence-electron chi connectivity index (χ1n) is 9.95. The summed E-state index contributed by atoms with van der Waals surface area (Å²) >= 11 is 0. The topological polar surface area (TPSA) is 102 Å². The second-order valence-corrected chi connectivity index (χ2v) is 7.23. The maximum atomic E-state index is 12.6. The van der Waals surface area contributed by atoms with E-state index in [0.29, 0.717) is 18.0 Å². The Balaban J connectivity index is 1.62. The summed E-state index contributed by atoms with van der Waals surface area (Å²) in [6.45, 7) is 7.02. The summed E-state index contributed by atoms with van der Waals surface area (Å²) in [5, 5.41) is 2.64. The highest BCUT2D eigenvalue weighted by molar-refractivity contribution is 6.22. The third-order valence-corrected chi connectivity index (χ3v) is 4.90. The monoisotopic (exact) mass is 424 g/mol. The molecule has 0 spiro atoms. The van der Waals surface area contributed by atoms with Crippen LogP contribution in [0.2, 0.25) is 0 Å². The summed E-state index contributed by atoms with van der Waals surface area (Å²) < 4.78 is 10.6. The van der Waals surface area contributed by atoms with E-state index in [1.54, 1.807) is 42.5 Å². The van der Waals surface area contributed by atoms with Crippen LogP contribution in [0.5, 0.6) is 5.75 Å². The van der Waals surface area contributed by atoms with Crippen molar-refractivity contribution in [2.24, 2.45) is 0 Å². The average molecular weight is 424 g/mol. The van der Waals surface area contributed by atoms with Gasteiger partial charge in [-0.1, -0.05) is 11.6 Å². The van der Waals surface area contributed by atoms with E-state index in [9.17, 15) is 19.2 Å². The van der Waals surface area contributed by atoms with Crippen molar-refractivity contribution in [1.29, 1.82) is 0 Å². The first-order chi connectivity index (χ1) is 14.7. The number of amides is 3. The molecule has 0 aromatic heterocycles. The maximum absolute atomic E-state index is 12.6. The van der Waals surface area contributed by atoms with Crippen molar-refractivity contribution in [2.75, 3.05) is 11.9 Å². The van der Waals surface area contributed by atoms with Crippen molar-refractivity contribution in [2.45, 2.75) is 39.8 Å². The van der Waals surface area contributed by atoms with Crippen LogP contribution in [0.15, 0.2) is 42.5 Å². The molecule has 162 valence electrons. The van der Waals surface area contributed by atoms with E-state index in [2.05, 4.69) is 5.32 Å². The summed E-state index contributed by atoms with van der Waals surface area (Å²) in [7, 11) is 0. The molecule has 0 fully saturated rings. The van der Waals surface area contributed by atoms with Gasteiger partial charge in [-0.15, -0.1) is 0 Å².